The third-order valence-electron chi connectivity index (χ3n) is 2.78. The highest BCUT2D eigenvalue weighted by Crippen LogP contribution is 2.02. The molecule has 0 radical (unpaired) electrons. The van der Waals surface area contributed by atoms with Gasteiger partial charge >= 0.3 is 0 Å². The number of hydrogen-bond acceptors (Lipinski definition) is 4. The first-order valence-electron chi connectivity index (χ1n) is 7.89. The number of hydrogen-bond donors (Lipinski definition) is 1. The molecule has 0 amide bonds. The fraction of sp³-hybridized carbons (Fsp3) is 1.00. The summed E-state index contributed by atoms with van der Waals surface area (Å²) in [7, 11) is 0. The summed E-state index contributed by atoms with van der Waals surface area (Å²) < 4.78 is 16.2. The van der Waals surface area contributed by atoms with Crippen molar-refractivity contribution in [1.82, 2.24) is 5.32 Å². The van der Waals surface area contributed by atoms with Crippen molar-refractivity contribution in [3.8, 4) is 0 Å². The van der Waals surface area contributed by atoms with Gasteiger partial charge in [0, 0.05) is 25.1 Å². The molecular formula is C15H32ClNO3. The van der Waals surface area contributed by atoms with Gasteiger partial charge in [0.1, 0.15) is 0 Å². The Morgan fingerprint density at radius 3 is 2.05 bits per heavy atom. The van der Waals surface area contributed by atoms with Crippen LogP contribution in [0.15, 0.2) is 0 Å². The third-order valence-corrected chi connectivity index (χ3v) is 3.15. The van der Waals surface area contributed by atoms with E-state index in [2.05, 4.69) is 19.2 Å². The molecule has 0 aliphatic heterocycles. The van der Waals surface area contributed by atoms with Gasteiger partial charge in [0.15, 0.2) is 0 Å². The van der Waals surface area contributed by atoms with Gasteiger partial charge in [-0.1, -0.05) is 26.7 Å². The van der Waals surface area contributed by atoms with Crippen molar-refractivity contribution in [1.29, 1.82) is 0 Å². The second kappa shape index (κ2) is 17.2. The van der Waals surface area contributed by atoms with Gasteiger partial charge in [-0.05, 0) is 12.8 Å². The van der Waals surface area contributed by atoms with Crippen LogP contribution in [0.25, 0.3) is 0 Å². The predicted molar refractivity (Wildman–Crippen MR) is 84.8 cm³/mol. The van der Waals surface area contributed by atoms with Crippen molar-refractivity contribution in [3.05, 3.63) is 0 Å². The van der Waals surface area contributed by atoms with Crippen molar-refractivity contribution >= 4 is 11.6 Å². The quantitative estimate of drug-likeness (QED) is 0.351. The lowest BCUT2D eigenvalue weighted by Crippen LogP contribution is -2.27. The normalized spacial score (nSPS) is 12.8. The minimum Gasteiger partial charge on any atom is -0.379 e. The van der Waals surface area contributed by atoms with Crippen LogP contribution in [0.4, 0.5) is 0 Å². The van der Waals surface area contributed by atoms with Crippen molar-refractivity contribution in [2.24, 2.45) is 0 Å². The number of alkyl halides is 1. The summed E-state index contributed by atoms with van der Waals surface area (Å²) in [5, 5.41) is 3.52. The molecule has 0 saturated heterocycles. The lowest BCUT2D eigenvalue weighted by molar-refractivity contribution is 0.0147. The zero-order chi connectivity index (χ0) is 14.9. The molecule has 0 spiro atoms. The Bertz CT molecular complexity index is 185. The van der Waals surface area contributed by atoms with E-state index in [4.69, 9.17) is 25.8 Å². The second-order valence-electron chi connectivity index (χ2n) is 4.78. The molecule has 1 atom stereocenters. The average Bonchev–Trinajstić information content (AvgIpc) is 2.44. The van der Waals surface area contributed by atoms with Crippen molar-refractivity contribution in [3.63, 3.8) is 0 Å². The predicted octanol–water partition coefficient (Wildman–Crippen LogP) is 2.83. The molecule has 5 heteroatoms. The van der Waals surface area contributed by atoms with Crippen LogP contribution in [0.1, 0.15) is 39.5 Å². The Kier molecular flexibility index (Phi) is 17.3. The topological polar surface area (TPSA) is 39.7 Å². The molecule has 0 aromatic rings. The molecule has 0 saturated carbocycles. The summed E-state index contributed by atoms with van der Waals surface area (Å²) in [4.78, 5) is 0. The SMILES string of the molecule is CCCCOCCOCCOCCNCC(Cl)CCC. The average molecular weight is 310 g/mol. The molecule has 0 aliphatic carbocycles. The van der Waals surface area contributed by atoms with E-state index in [-0.39, 0.29) is 5.38 Å². The molecule has 0 fully saturated rings. The zero-order valence-electron chi connectivity index (χ0n) is 13.2. The van der Waals surface area contributed by atoms with Crippen LogP contribution in [0, 0.1) is 0 Å². The Labute approximate surface area is 129 Å². The second-order valence-corrected chi connectivity index (χ2v) is 5.40. The van der Waals surface area contributed by atoms with E-state index < -0.39 is 0 Å². The van der Waals surface area contributed by atoms with Crippen LogP contribution in [0.5, 0.6) is 0 Å². The Balaban J connectivity index is 2.99. The highest BCUT2D eigenvalue weighted by Gasteiger charge is 2.01. The first kappa shape index (κ1) is 20.1. The van der Waals surface area contributed by atoms with Crippen LogP contribution in [0.2, 0.25) is 0 Å². The molecule has 0 aromatic heterocycles. The minimum absolute atomic E-state index is 0.232. The lowest BCUT2D eigenvalue weighted by Gasteiger charge is -2.10. The van der Waals surface area contributed by atoms with Crippen LogP contribution in [-0.4, -0.2) is 58.1 Å². The van der Waals surface area contributed by atoms with E-state index in [1.54, 1.807) is 0 Å². The van der Waals surface area contributed by atoms with Gasteiger partial charge in [0.05, 0.1) is 33.0 Å². The molecule has 0 rings (SSSR count). The largest absolute Gasteiger partial charge is 0.379 e. The fourth-order valence-corrected chi connectivity index (χ4v) is 1.93. The number of unbranched alkanes of at least 4 members (excludes halogenated alkanes) is 1. The maximum absolute atomic E-state index is 6.09. The Hall–Kier alpha value is 0.130. The molecule has 0 aliphatic rings. The van der Waals surface area contributed by atoms with E-state index in [1.165, 1.54) is 6.42 Å². The van der Waals surface area contributed by atoms with Gasteiger partial charge in [0.25, 0.3) is 0 Å². The smallest absolute Gasteiger partial charge is 0.0701 e. The molecule has 0 aromatic carbocycles. The number of rotatable bonds is 16. The standard InChI is InChI=1S/C15H32ClNO3/c1-3-5-8-18-10-12-20-13-11-19-9-7-17-14-15(16)6-4-2/h15,17H,3-14H2,1-2H3. The minimum atomic E-state index is 0.232. The Morgan fingerprint density at radius 1 is 0.850 bits per heavy atom. The van der Waals surface area contributed by atoms with Crippen LogP contribution in [0.3, 0.4) is 0 Å². The highest BCUT2D eigenvalue weighted by molar-refractivity contribution is 6.20. The summed E-state index contributed by atoms with van der Waals surface area (Å²) in [5.74, 6) is 0. The maximum Gasteiger partial charge on any atom is 0.0701 e. The summed E-state index contributed by atoms with van der Waals surface area (Å²) in [6.45, 7) is 10.1. The van der Waals surface area contributed by atoms with Gasteiger partial charge in [-0.15, -0.1) is 11.6 Å². The zero-order valence-corrected chi connectivity index (χ0v) is 13.9. The molecule has 1 unspecified atom stereocenters. The van der Waals surface area contributed by atoms with E-state index in [0.717, 1.165) is 39.0 Å². The number of nitrogens with one attached hydrogen (secondary N) is 1. The van der Waals surface area contributed by atoms with Crippen LogP contribution >= 0.6 is 11.6 Å². The van der Waals surface area contributed by atoms with Gasteiger partial charge in [-0.2, -0.15) is 0 Å². The summed E-state index contributed by atoms with van der Waals surface area (Å²) >= 11 is 6.09. The number of ether oxygens (including phenoxy) is 3. The molecular weight excluding hydrogens is 278 g/mol. The van der Waals surface area contributed by atoms with Crippen molar-refractivity contribution in [2.75, 3.05) is 52.7 Å². The summed E-state index contributed by atoms with van der Waals surface area (Å²) in [5.41, 5.74) is 0. The maximum atomic E-state index is 6.09. The van der Waals surface area contributed by atoms with E-state index in [1.807, 2.05) is 0 Å². The first-order chi connectivity index (χ1) is 9.81. The van der Waals surface area contributed by atoms with E-state index in [0.29, 0.717) is 33.0 Å². The molecule has 20 heavy (non-hydrogen) atoms. The van der Waals surface area contributed by atoms with Gasteiger partial charge in [-0.3, -0.25) is 0 Å². The van der Waals surface area contributed by atoms with Crippen LogP contribution in [-0.2, 0) is 14.2 Å². The summed E-state index contributed by atoms with van der Waals surface area (Å²) in [6, 6.07) is 0. The lowest BCUT2D eigenvalue weighted by atomic mass is 10.2. The van der Waals surface area contributed by atoms with Crippen molar-refractivity contribution < 1.29 is 14.2 Å². The van der Waals surface area contributed by atoms with Gasteiger partial charge in [-0.25, -0.2) is 0 Å². The Morgan fingerprint density at radius 2 is 1.45 bits per heavy atom. The molecule has 122 valence electrons. The number of halogens is 1. The highest BCUT2D eigenvalue weighted by atomic mass is 35.5. The first-order valence-corrected chi connectivity index (χ1v) is 8.32. The third kappa shape index (κ3) is 16.2. The molecule has 4 nitrogen and oxygen atoms in total. The molecule has 0 bridgehead atoms. The van der Waals surface area contributed by atoms with Gasteiger partial charge in [0.2, 0.25) is 0 Å². The monoisotopic (exact) mass is 309 g/mol. The van der Waals surface area contributed by atoms with E-state index >= 15 is 0 Å². The van der Waals surface area contributed by atoms with E-state index in [9.17, 15) is 0 Å². The molecule has 0 heterocycles. The summed E-state index contributed by atoms with van der Waals surface area (Å²) in [6.07, 6.45) is 4.48. The van der Waals surface area contributed by atoms with Crippen molar-refractivity contribution in [2.45, 2.75) is 44.9 Å². The van der Waals surface area contributed by atoms with Gasteiger partial charge < -0.3 is 19.5 Å². The van der Waals surface area contributed by atoms with Crippen LogP contribution < -0.4 is 5.32 Å². The molecule has 1 N–H and O–H groups in total. The fourth-order valence-electron chi connectivity index (χ4n) is 1.61.